The first kappa shape index (κ1) is 31.8. The SMILES string of the molecule is OC[C@H]1O[C@H](C#Cc2ccc3c(c2)C2(SCCCS2)c2cc(C#C[C@H]4O[C@H](CO)[C@@H](O)[C@H](O)[C@@H]4O)ccc2-3)[C@@H](O)[C@@H](O)[C@@H]1O. The highest BCUT2D eigenvalue weighted by molar-refractivity contribution is 8.18. The number of rotatable bonds is 2. The number of fused-ring (bicyclic) bond motifs is 5. The van der Waals surface area contributed by atoms with Gasteiger partial charge in [0.1, 0.15) is 65.1 Å². The van der Waals surface area contributed by atoms with E-state index in [2.05, 4.69) is 23.7 Å². The van der Waals surface area contributed by atoms with Crippen molar-refractivity contribution in [3.05, 3.63) is 58.7 Å². The van der Waals surface area contributed by atoms with Gasteiger partial charge in [-0.25, -0.2) is 0 Å². The molecule has 44 heavy (non-hydrogen) atoms. The third-order valence-electron chi connectivity index (χ3n) is 8.44. The summed E-state index contributed by atoms with van der Waals surface area (Å²) in [6.07, 6.45) is -11.9. The number of hydrogen-bond acceptors (Lipinski definition) is 12. The Hall–Kier alpha value is -2.14. The van der Waals surface area contributed by atoms with E-state index in [4.69, 9.17) is 9.47 Å². The minimum atomic E-state index is -1.49. The van der Waals surface area contributed by atoms with Gasteiger partial charge in [-0.05, 0) is 64.4 Å². The van der Waals surface area contributed by atoms with Gasteiger partial charge in [0.2, 0.25) is 0 Å². The fraction of sp³-hybridized carbons (Fsp3) is 0.500. The molecule has 0 saturated carbocycles. The molecule has 1 spiro atoms. The Morgan fingerprint density at radius 1 is 0.636 bits per heavy atom. The lowest BCUT2D eigenvalue weighted by atomic mass is 9.95. The van der Waals surface area contributed by atoms with E-state index in [0.29, 0.717) is 11.1 Å². The van der Waals surface area contributed by atoms with E-state index in [-0.39, 0.29) is 0 Å². The van der Waals surface area contributed by atoms with Gasteiger partial charge in [-0.15, -0.1) is 23.5 Å². The molecule has 2 aromatic rings. The number of aliphatic hydroxyl groups excluding tert-OH is 8. The van der Waals surface area contributed by atoms with Crippen LogP contribution in [-0.2, 0) is 13.6 Å². The van der Waals surface area contributed by atoms with E-state index in [0.717, 1.165) is 40.2 Å². The van der Waals surface area contributed by atoms with Crippen LogP contribution >= 0.6 is 23.5 Å². The highest BCUT2D eigenvalue weighted by atomic mass is 32.2. The maximum Gasteiger partial charge on any atom is 0.147 e. The lowest BCUT2D eigenvalue weighted by Gasteiger charge is -2.37. The van der Waals surface area contributed by atoms with Crippen molar-refractivity contribution in [3.63, 3.8) is 0 Å². The summed E-state index contributed by atoms with van der Waals surface area (Å²) in [5.41, 5.74) is 5.66. The van der Waals surface area contributed by atoms with Gasteiger partial charge in [0, 0.05) is 11.1 Å². The molecule has 0 radical (unpaired) electrons. The minimum absolute atomic E-state index is 0.412. The molecule has 234 valence electrons. The summed E-state index contributed by atoms with van der Waals surface area (Å²) < 4.78 is 10.7. The molecule has 3 heterocycles. The Kier molecular flexibility index (Phi) is 9.35. The van der Waals surface area contributed by atoms with Crippen molar-refractivity contribution in [2.75, 3.05) is 24.7 Å². The average Bonchev–Trinajstić information content (AvgIpc) is 3.29. The van der Waals surface area contributed by atoms with Gasteiger partial charge in [0.15, 0.2) is 0 Å². The van der Waals surface area contributed by atoms with E-state index in [1.54, 1.807) is 0 Å². The molecule has 3 fully saturated rings. The molecule has 6 rings (SSSR count). The van der Waals surface area contributed by atoms with E-state index in [1.807, 2.05) is 59.9 Å². The number of ether oxygens (including phenoxy) is 2. The summed E-state index contributed by atoms with van der Waals surface area (Å²) in [5.74, 6) is 13.7. The van der Waals surface area contributed by atoms with Gasteiger partial charge >= 0.3 is 0 Å². The molecule has 3 aliphatic heterocycles. The molecular weight excluding hydrogens is 608 g/mol. The van der Waals surface area contributed by atoms with Gasteiger partial charge in [0.25, 0.3) is 0 Å². The highest BCUT2D eigenvalue weighted by Crippen LogP contribution is 2.63. The van der Waals surface area contributed by atoms with Crippen molar-refractivity contribution in [3.8, 4) is 34.8 Å². The fourth-order valence-electron chi connectivity index (χ4n) is 6.00. The second-order valence-corrected chi connectivity index (χ2v) is 14.1. The zero-order chi connectivity index (χ0) is 31.2. The monoisotopic (exact) mass is 642 g/mol. The molecule has 0 amide bonds. The molecule has 0 aromatic heterocycles. The van der Waals surface area contributed by atoms with Crippen LogP contribution in [0.5, 0.6) is 0 Å². The Balaban J connectivity index is 1.31. The number of hydrogen-bond donors (Lipinski definition) is 8. The summed E-state index contributed by atoms with van der Waals surface area (Å²) in [6.45, 7) is -1.04. The minimum Gasteiger partial charge on any atom is -0.394 e. The third kappa shape index (κ3) is 5.58. The number of thioether (sulfide) groups is 2. The van der Waals surface area contributed by atoms with Gasteiger partial charge in [-0.1, -0.05) is 35.8 Å². The third-order valence-corrected chi connectivity index (χ3v) is 11.8. The summed E-state index contributed by atoms with van der Waals surface area (Å²) in [5, 5.41) is 80.1. The zero-order valence-electron chi connectivity index (χ0n) is 23.5. The molecule has 4 aliphatic rings. The van der Waals surface area contributed by atoms with Gasteiger partial charge in [-0.2, -0.15) is 0 Å². The first-order valence-electron chi connectivity index (χ1n) is 14.4. The fourth-order valence-corrected chi connectivity index (χ4v) is 9.46. The lowest BCUT2D eigenvalue weighted by molar-refractivity contribution is -0.214. The summed E-state index contributed by atoms with van der Waals surface area (Å²) in [4.78, 5) is 0. The van der Waals surface area contributed by atoms with Crippen LogP contribution in [0.4, 0.5) is 0 Å². The molecule has 12 heteroatoms. The van der Waals surface area contributed by atoms with Gasteiger partial charge < -0.3 is 50.3 Å². The number of benzene rings is 2. The van der Waals surface area contributed by atoms with Crippen LogP contribution in [0.3, 0.4) is 0 Å². The van der Waals surface area contributed by atoms with E-state index >= 15 is 0 Å². The highest BCUT2D eigenvalue weighted by Gasteiger charge is 2.47. The van der Waals surface area contributed by atoms with Crippen LogP contribution in [0.25, 0.3) is 11.1 Å². The van der Waals surface area contributed by atoms with Crippen molar-refractivity contribution in [2.24, 2.45) is 0 Å². The van der Waals surface area contributed by atoms with Gasteiger partial charge in [-0.3, -0.25) is 0 Å². The second kappa shape index (κ2) is 12.9. The quantitative estimate of drug-likeness (QED) is 0.190. The molecule has 1 aliphatic carbocycles. The Morgan fingerprint density at radius 3 is 1.48 bits per heavy atom. The van der Waals surface area contributed by atoms with E-state index in [9.17, 15) is 40.9 Å². The van der Waals surface area contributed by atoms with Crippen LogP contribution in [0.1, 0.15) is 28.7 Å². The standard InChI is InChI=1S/C32H34O10S2/c33-14-24-28(37)30(39)26(35)22(41-24)8-4-16-2-6-18-19-7-3-17(5-9-23-27(36)31(40)29(38)25(15-34)42-23)13-21(19)32(20(18)12-16)43-10-1-11-44-32/h2-3,6-7,12-13,22-31,33-40H,1,10-11,14-15H2/t22-,23-,24-,25-,26-,27-,28-,29-,30-,31-/m1/s1. The summed E-state index contributed by atoms with van der Waals surface area (Å²) in [7, 11) is 0. The molecule has 0 unspecified atom stereocenters. The van der Waals surface area contributed by atoms with E-state index < -0.39 is 78.3 Å². The first-order valence-corrected chi connectivity index (χ1v) is 16.4. The topological polar surface area (TPSA) is 180 Å². The van der Waals surface area contributed by atoms with Crippen LogP contribution in [0, 0.1) is 23.7 Å². The van der Waals surface area contributed by atoms with Gasteiger partial charge in [0.05, 0.1) is 13.2 Å². The van der Waals surface area contributed by atoms with Crippen molar-refractivity contribution in [1.82, 2.24) is 0 Å². The molecule has 10 atom stereocenters. The maximum atomic E-state index is 10.4. The molecular formula is C32H34O10S2. The molecule has 8 N–H and O–H groups in total. The normalized spacial score (nSPS) is 35.5. The molecule has 2 aromatic carbocycles. The van der Waals surface area contributed by atoms with Crippen molar-refractivity contribution in [2.45, 2.75) is 71.5 Å². The number of aliphatic hydroxyl groups is 8. The van der Waals surface area contributed by atoms with Crippen LogP contribution in [-0.4, -0.2) is 127 Å². The predicted octanol–water partition coefficient (Wildman–Crippen LogP) is -0.874. The maximum absolute atomic E-state index is 10.4. The van der Waals surface area contributed by atoms with Crippen molar-refractivity contribution < 1.29 is 50.3 Å². The zero-order valence-corrected chi connectivity index (χ0v) is 25.1. The Morgan fingerprint density at radius 2 is 1.07 bits per heavy atom. The Labute approximate surface area is 263 Å². The predicted molar refractivity (Wildman–Crippen MR) is 163 cm³/mol. The summed E-state index contributed by atoms with van der Waals surface area (Å²) in [6, 6.07) is 11.8. The van der Waals surface area contributed by atoms with Crippen molar-refractivity contribution in [1.29, 1.82) is 0 Å². The molecule has 0 bridgehead atoms. The second-order valence-electron chi connectivity index (χ2n) is 11.2. The van der Waals surface area contributed by atoms with E-state index in [1.165, 1.54) is 0 Å². The van der Waals surface area contributed by atoms with Crippen LogP contribution in [0.2, 0.25) is 0 Å². The summed E-state index contributed by atoms with van der Waals surface area (Å²) >= 11 is 3.67. The van der Waals surface area contributed by atoms with Crippen LogP contribution < -0.4 is 0 Å². The lowest BCUT2D eigenvalue weighted by Crippen LogP contribution is -2.58. The first-order chi connectivity index (χ1) is 21.2. The molecule has 10 nitrogen and oxygen atoms in total. The average molecular weight is 643 g/mol. The largest absolute Gasteiger partial charge is 0.394 e. The van der Waals surface area contributed by atoms with Crippen LogP contribution in [0.15, 0.2) is 36.4 Å². The van der Waals surface area contributed by atoms with Crippen molar-refractivity contribution >= 4 is 23.5 Å². The molecule has 3 saturated heterocycles. The smallest absolute Gasteiger partial charge is 0.147 e. The Bertz CT molecular complexity index is 1400.